The third kappa shape index (κ3) is 6.23. The lowest BCUT2D eigenvalue weighted by Crippen LogP contribution is -2.48. The molecule has 12 heteroatoms. The second-order valence-corrected chi connectivity index (χ2v) is 5.20. The first-order chi connectivity index (χ1) is 11.7. The van der Waals surface area contributed by atoms with Gasteiger partial charge in [-0.05, 0) is 26.0 Å². The molecule has 0 unspecified atom stereocenters. The Hall–Kier alpha value is -1.76. The minimum atomic E-state index is -4.45. The summed E-state index contributed by atoms with van der Waals surface area (Å²) in [5.74, 6) is -4.07. The summed E-state index contributed by atoms with van der Waals surface area (Å²) in [6.07, 6.45) is -2.25. The van der Waals surface area contributed by atoms with Crippen molar-refractivity contribution in [2.24, 2.45) is 0 Å². The van der Waals surface area contributed by atoms with Crippen LogP contribution in [0.1, 0.15) is 13.8 Å². The summed E-state index contributed by atoms with van der Waals surface area (Å²) in [5.41, 5.74) is -4.45. The van der Waals surface area contributed by atoms with E-state index in [-0.39, 0.29) is 13.2 Å². The summed E-state index contributed by atoms with van der Waals surface area (Å²) in [4.78, 5) is 11.4. The van der Waals surface area contributed by atoms with E-state index in [1.807, 2.05) is 0 Å². The Balaban J connectivity index is 2.70. The van der Waals surface area contributed by atoms with Crippen LogP contribution in [0, 0.1) is 11.6 Å². The minimum Gasteiger partial charge on any atom is -0.405 e. The highest BCUT2D eigenvalue weighted by molar-refractivity contribution is 6.31. The number of benzene rings is 1. The first-order valence-corrected chi connectivity index (χ1v) is 7.79. The van der Waals surface area contributed by atoms with Crippen LogP contribution >= 0.6 is 0 Å². The van der Waals surface area contributed by atoms with E-state index in [9.17, 15) is 26.8 Å². The fraction of sp³-hybridized carbons (Fsp3) is 0.462. The van der Waals surface area contributed by atoms with Crippen molar-refractivity contribution in [1.29, 1.82) is 0 Å². The molecule has 1 amide bonds. The van der Waals surface area contributed by atoms with Gasteiger partial charge in [-0.2, -0.15) is 13.2 Å². The van der Waals surface area contributed by atoms with E-state index >= 15 is 0 Å². The number of carbonyl (C=O) groups is 1. The number of hydrogen-bond acceptors (Lipinski definition) is 5. The molecule has 6 nitrogen and oxygen atoms in total. The number of rotatable bonds is 9. The maximum atomic E-state index is 13.6. The SMILES string of the molecule is CCOC(OCC)O[Si]C(F)(F)N(F)C(=O)Oc1cccc(F)c1F. The predicted molar refractivity (Wildman–Crippen MR) is 74.2 cm³/mol. The van der Waals surface area contributed by atoms with Crippen LogP contribution in [0.3, 0.4) is 0 Å². The van der Waals surface area contributed by atoms with Crippen molar-refractivity contribution in [2.45, 2.75) is 26.0 Å². The molecule has 0 spiro atoms. The van der Waals surface area contributed by atoms with Crippen LogP contribution in [0.2, 0.25) is 0 Å². The fourth-order valence-electron chi connectivity index (χ4n) is 1.36. The van der Waals surface area contributed by atoms with E-state index in [0.29, 0.717) is 6.07 Å². The zero-order chi connectivity index (χ0) is 19.0. The summed E-state index contributed by atoms with van der Waals surface area (Å²) in [6, 6.07) is 2.41. The van der Waals surface area contributed by atoms with Crippen molar-refractivity contribution < 1.29 is 45.5 Å². The Morgan fingerprint density at radius 3 is 2.40 bits per heavy atom. The van der Waals surface area contributed by atoms with Crippen molar-refractivity contribution in [1.82, 2.24) is 5.12 Å². The number of alkyl halides is 2. The molecule has 0 aromatic heterocycles. The Morgan fingerprint density at radius 1 is 1.24 bits per heavy atom. The number of carbonyl (C=O) groups excluding carboxylic acids is 1. The van der Waals surface area contributed by atoms with Crippen molar-refractivity contribution in [3.05, 3.63) is 29.8 Å². The van der Waals surface area contributed by atoms with Gasteiger partial charge in [0.05, 0.1) is 0 Å². The number of amides is 1. The molecule has 0 aliphatic rings. The summed E-state index contributed by atoms with van der Waals surface area (Å²) in [5, 5.41) is -1.59. The number of ether oxygens (including phenoxy) is 3. The maximum Gasteiger partial charge on any atom is 0.448 e. The molecule has 1 aromatic rings. The van der Waals surface area contributed by atoms with Crippen LogP contribution < -0.4 is 4.74 Å². The molecule has 0 N–H and O–H groups in total. The third-order valence-corrected chi connectivity index (χ3v) is 3.16. The van der Waals surface area contributed by atoms with E-state index in [1.165, 1.54) is 0 Å². The molecule has 0 aliphatic carbocycles. The standard InChI is InChI=1S/C13H14F5NO5Si/c1-3-21-12(22-4-2)24-25-13(16,17)19(18)11(20)23-9-7-5-6-8(14)10(9)15/h5-7,12H,3-4H2,1-2H3. The molecule has 0 aliphatic heterocycles. The van der Waals surface area contributed by atoms with Crippen LogP contribution in [0.5, 0.6) is 5.75 Å². The third-order valence-electron chi connectivity index (χ3n) is 2.40. The molecule has 25 heavy (non-hydrogen) atoms. The van der Waals surface area contributed by atoms with Crippen LogP contribution in [0.4, 0.5) is 26.8 Å². The van der Waals surface area contributed by atoms with E-state index in [0.717, 1.165) is 12.1 Å². The molecule has 0 heterocycles. The summed E-state index contributed by atoms with van der Waals surface area (Å²) >= 11 is 0. The Kier molecular flexibility index (Phi) is 8.21. The maximum absolute atomic E-state index is 13.6. The van der Waals surface area contributed by atoms with Gasteiger partial charge in [-0.15, -0.1) is 0 Å². The highest BCUT2D eigenvalue weighted by Gasteiger charge is 2.46. The Labute approximate surface area is 142 Å². The van der Waals surface area contributed by atoms with Crippen molar-refractivity contribution in [3.63, 3.8) is 0 Å². The van der Waals surface area contributed by atoms with Gasteiger partial charge in [-0.25, -0.2) is 9.18 Å². The molecule has 2 radical (unpaired) electrons. The molecule has 0 atom stereocenters. The number of nitrogens with zero attached hydrogens (tertiary/aromatic N) is 1. The second-order valence-electron chi connectivity index (χ2n) is 4.16. The van der Waals surface area contributed by atoms with Gasteiger partial charge in [-0.1, -0.05) is 15.7 Å². The van der Waals surface area contributed by atoms with E-state index in [1.54, 1.807) is 13.8 Å². The first-order valence-electron chi connectivity index (χ1n) is 6.88. The summed E-state index contributed by atoms with van der Waals surface area (Å²) in [7, 11) is -1.91. The van der Waals surface area contributed by atoms with Gasteiger partial charge in [-0.3, -0.25) is 0 Å². The lowest BCUT2D eigenvalue weighted by Gasteiger charge is -2.23. The molecule has 0 fully saturated rings. The Morgan fingerprint density at radius 2 is 1.84 bits per heavy atom. The minimum absolute atomic E-state index is 0.0704. The monoisotopic (exact) mass is 387 g/mol. The lowest BCUT2D eigenvalue weighted by atomic mass is 10.3. The van der Waals surface area contributed by atoms with Crippen LogP contribution in [0.25, 0.3) is 0 Å². The van der Waals surface area contributed by atoms with E-state index in [4.69, 9.17) is 9.47 Å². The molecular formula is C13H14F5NO5Si. The van der Waals surface area contributed by atoms with Gasteiger partial charge >= 0.3 is 21.5 Å². The average molecular weight is 387 g/mol. The molecule has 0 bridgehead atoms. The van der Waals surface area contributed by atoms with Gasteiger partial charge in [0, 0.05) is 13.2 Å². The second kappa shape index (κ2) is 9.65. The van der Waals surface area contributed by atoms with Gasteiger partial charge in [0.2, 0.25) is 5.82 Å². The smallest absolute Gasteiger partial charge is 0.405 e. The van der Waals surface area contributed by atoms with Crippen molar-refractivity contribution >= 4 is 15.9 Å². The molecule has 1 aromatic carbocycles. The van der Waals surface area contributed by atoms with Crippen LogP contribution in [0.15, 0.2) is 18.2 Å². The summed E-state index contributed by atoms with van der Waals surface area (Å²) < 4.78 is 85.4. The van der Waals surface area contributed by atoms with Gasteiger partial charge in [0.15, 0.2) is 11.6 Å². The largest absolute Gasteiger partial charge is 0.448 e. The van der Waals surface area contributed by atoms with Gasteiger partial charge in [0.1, 0.15) is 0 Å². The van der Waals surface area contributed by atoms with Crippen molar-refractivity contribution in [2.75, 3.05) is 13.2 Å². The predicted octanol–water partition coefficient (Wildman–Crippen LogP) is 3.19. The molecule has 0 saturated heterocycles. The van der Waals surface area contributed by atoms with Crippen LogP contribution in [-0.2, 0) is 13.9 Å². The lowest BCUT2D eigenvalue weighted by molar-refractivity contribution is -0.253. The average Bonchev–Trinajstić information content (AvgIpc) is 2.56. The molecule has 1 rings (SSSR count). The number of halogens is 5. The highest BCUT2D eigenvalue weighted by atomic mass is 28.2. The normalized spacial score (nSPS) is 11.7. The quantitative estimate of drug-likeness (QED) is 0.214. The Bertz CT molecular complexity index is 574. The van der Waals surface area contributed by atoms with E-state index in [2.05, 4.69) is 9.16 Å². The van der Waals surface area contributed by atoms with Gasteiger partial charge < -0.3 is 18.6 Å². The van der Waals surface area contributed by atoms with Crippen molar-refractivity contribution in [3.8, 4) is 5.75 Å². The zero-order valence-electron chi connectivity index (χ0n) is 13.1. The van der Waals surface area contributed by atoms with E-state index < -0.39 is 50.5 Å². The fourth-order valence-corrected chi connectivity index (χ4v) is 1.90. The van der Waals surface area contributed by atoms with Gasteiger partial charge in [0.25, 0.3) is 6.48 Å². The molecule has 140 valence electrons. The highest BCUT2D eigenvalue weighted by Crippen LogP contribution is 2.24. The molecule has 0 saturated carbocycles. The zero-order valence-corrected chi connectivity index (χ0v) is 14.1. The topological polar surface area (TPSA) is 57.2 Å². The first kappa shape index (κ1) is 21.3. The summed E-state index contributed by atoms with van der Waals surface area (Å²) in [6.45, 7) is 1.75. The van der Waals surface area contributed by atoms with Crippen LogP contribution in [-0.4, -0.2) is 46.3 Å². The molecular weight excluding hydrogens is 373 g/mol. The number of hydrogen-bond donors (Lipinski definition) is 0.